The molecule has 1 N–H and O–H groups in total. The summed E-state index contributed by atoms with van der Waals surface area (Å²) in [6, 6.07) is 8.04. The number of rotatable bonds is 4. The van der Waals surface area contributed by atoms with Gasteiger partial charge < -0.3 is 5.32 Å². The van der Waals surface area contributed by atoms with Gasteiger partial charge in [-0.1, -0.05) is 22.0 Å². The van der Waals surface area contributed by atoms with Crippen molar-refractivity contribution in [3.8, 4) is 6.07 Å². The first-order chi connectivity index (χ1) is 7.15. The summed E-state index contributed by atoms with van der Waals surface area (Å²) in [5, 5.41) is 12.1. The van der Waals surface area contributed by atoms with E-state index in [0.717, 1.165) is 16.6 Å². The van der Waals surface area contributed by atoms with E-state index >= 15 is 0 Å². The van der Waals surface area contributed by atoms with Gasteiger partial charge in [0.15, 0.2) is 0 Å². The highest BCUT2D eigenvalue weighted by molar-refractivity contribution is 9.10. The number of hydrogen-bond acceptors (Lipinski definition) is 2. The zero-order valence-corrected chi connectivity index (χ0v) is 10.2. The summed E-state index contributed by atoms with van der Waals surface area (Å²) >= 11 is 3.37. The molecule has 1 rings (SSSR count). The van der Waals surface area contributed by atoms with Gasteiger partial charge in [-0.2, -0.15) is 5.26 Å². The van der Waals surface area contributed by atoms with Crippen LogP contribution in [-0.4, -0.2) is 6.04 Å². The molecule has 0 saturated heterocycles. The normalized spacial score (nSPS) is 11.5. The van der Waals surface area contributed by atoms with Gasteiger partial charge in [0, 0.05) is 16.2 Å². The third kappa shape index (κ3) is 3.77. The molecule has 1 unspecified atom stereocenters. The molecule has 0 aromatic heterocycles. The maximum Gasteiger partial charge on any atom is 0.0992 e. The van der Waals surface area contributed by atoms with Crippen LogP contribution in [0.25, 0.3) is 0 Å². The Balaban J connectivity index is 2.81. The van der Waals surface area contributed by atoms with E-state index in [-0.39, 0.29) is 0 Å². The van der Waals surface area contributed by atoms with E-state index in [2.05, 4.69) is 40.8 Å². The topological polar surface area (TPSA) is 35.8 Å². The van der Waals surface area contributed by atoms with Crippen LogP contribution < -0.4 is 5.32 Å². The van der Waals surface area contributed by atoms with Crippen molar-refractivity contribution in [3.05, 3.63) is 40.9 Å². The first-order valence-corrected chi connectivity index (χ1v) is 5.53. The second-order valence-electron chi connectivity index (χ2n) is 3.41. The Bertz CT molecular complexity index is 393. The molecule has 0 aliphatic heterocycles. The SMILES string of the molecule is C=CCC(C)Nc1cc(Br)cc(C#N)c1. The van der Waals surface area contributed by atoms with Crippen LogP contribution in [0, 0.1) is 11.3 Å². The lowest BCUT2D eigenvalue weighted by molar-refractivity contribution is 0.814. The summed E-state index contributed by atoms with van der Waals surface area (Å²) in [7, 11) is 0. The smallest absolute Gasteiger partial charge is 0.0992 e. The van der Waals surface area contributed by atoms with Gasteiger partial charge in [-0.15, -0.1) is 6.58 Å². The minimum atomic E-state index is 0.323. The predicted octanol–water partition coefficient (Wildman–Crippen LogP) is 3.70. The lowest BCUT2D eigenvalue weighted by Crippen LogP contribution is -2.13. The van der Waals surface area contributed by atoms with E-state index in [9.17, 15) is 0 Å². The van der Waals surface area contributed by atoms with E-state index < -0.39 is 0 Å². The van der Waals surface area contributed by atoms with Crippen LogP contribution in [0.15, 0.2) is 35.3 Å². The molecule has 0 amide bonds. The zero-order valence-electron chi connectivity index (χ0n) is 8.63. The van der Waals surface area contributed by atoms with Crippen LogP contribution in [0.4, 0.5) is 5.69 Å². The molecule has 1 aromatic rings. The molecule has 78 valence electrons. The zero-order chi connectivity index (χ0) is 11.3. The Hall–Kier alpha value is -1.27. The number of nitrogens with zero attached hydrogens (tertiary/aromatic N) is 1. The van der Waals surface area contributed by atoms with Crippen molar-refractivity contribution in [2.45, 2.75) is 19.4 Å². The van der Waals surface area contributed by atoms with E-state index in [1.54, 1.807) is 6.07 Å². The van der Waals surface area contributed by atoms with Crippen molar-refractivity contribution in [1.82, 2.24) is 0 Å². The fourth-order valence-corrected chi connectivity index (χ4v) is 1.82. The van der Waals surface area contributed by atoms with Crippen LogP contribution in [0.3, 0.4) is 0 Å². The van der Waals surface area contributed by atoms with Gasteiger partial charge in [0.25, 0.3) is 0 Å². The molecule has 0 fully saturated rings. The maximum absolute atomic E-state index is 8.81. The largest absolute Gasteiger partial charge is 0.382 e. The van der Waals surface area contributed by atoms with Gasteiger partial charge in [0.05, 0.1) is 11.6 Å². The van der Waals surface area contributed by atoms with Crippen molar-refractivity contribution in [2.24, 2.45) is 0 Å². The molecule has 0 bridgehead atoms. The first kappa shape index (κ1) is 11.8. The minimum absolute atomic E-state index is 0.323. The van der Waals surface area contributed by atoms with Crippen LogP contribution in [0.5, 0.6) is 0 Å². The number of nitriles is 1. The third-order valence-electron chi connectivity index (χ3n) is 1.96. The van der Waals surface area contributed by atoms with Crippen molar-refractivity contribution in [3.63, 3.8) is 0 Å². The Kier molecular flexibility index (Phi) is 4.38. The fourth-order valence-electron chi connectivity index (χ4n) is 1.33. The quantitative estimate of drug-likeness (QED) is 0.842. The van der Waals surface area contributed by atoms with Crippen LogP contribution in [0.1, 0.15) is 18.9 Å². The third-order valence-corrected chi connectivity index (χ3v) is 2.42. The van der Waals surface area contributed by atoms with Gasteiger partial charge in [-0.3, -0.25) is 0 Å². The van der Waals surface area contributed by atoms with Crippen LogP contribution in [0.2, 0.25) is 0 Å². The molecule has 15 heavy (non-hydrogen) atoms. The summed E-state index contributed by atoms with van der Waals surface area (Å²) in [5.74, 6) is 0. The Morgan fingerprint density at radius 2 is 2.33 bits per heavy atom. The predicted molar refractivity (Wildman–Crippen MR) is 66.8 cm³/mol. The highest BCUT2D eigenvalue weighted by Gasteiger charge is 2.02. The molecule has 2 nitrogen and oxygen atoms in total. The molecule has 3 heteroatoms. The molecule has 1 aromatic carbocycles. The molecule has 1 atom stereocenters. The number of benzene rings is 1. The molecule has 0 aliphatic rings. The summed E-state index contributed by atoms with van der Waals surface area (Å²) in [6.07, 6.45) is 2.77. The van der Waals surface area contributed by atoms with Crippen molar-refractivity contribution >= 4 is 21.6 Å². The fraction of sp³-hybridized carbons (Fsp3) is 0.250. The number of hydrogen-bond donors (Lipinski definition) is 1. The lowest BCUT2D eigenvalue weighted by atomic mass is 10.2. The van der Waals surface area contributed by atoms with E-state index in [4.69, 9.17) is 5.26 Å². The Morgan fingerprint density at radius 1 is 1.60 bits per heavy atom. The standard InChI is InChI=1S/C12H13BrN2/c1-3-4-9(2)15-12-6-10(8-14)5-11(13)7-12/h3,5-7,9,15H,1,4H2,2H3. The number of halogens is 1. The van der Waals surface area contributed by atoms with Crippen LogP contribution in [-0.2, 0) is 0 Å². The van der Waals surface area contributed by atoms with Crippen molar-refractivity contribution in [2.75, 3.05) is 5.32 Å². The number of anilines is 1. The highest BCUT2D eigenvalue weighted by Crippen LogP contribution is 2.20. The molecule has 0 spiro atoms. The second kappa shape index (κ2) is 5.57. The Labute approximate surface area is 98.7 Å². The van der Waals surface area contributed by atoms with Crippen LogP contribution >= 0.6 is 15.9 Å². The summed E-state index contributed by atoms with van der Waals surface area (Å²) in [5.41, 5.74) is 1.60. The highest BCUT2D eigenvalue weighted by atomic mass is 79.9. The summed E-state index contributed by atoms with van der Waals surface area (Å²) in [4.78, 5) is 0. The van der Waals surface area contributed by atoms with Gasteiger partial charge in [-0.25, -0.2) is 0 Å². The first-order valence-electron chi connectivity index (χ1n) is 4.74. The van der Waals surface area contributed by atoms with Crippen molar-refractivity contribution in [1.29, 1.82) is 5.26 Å². The second-order valence-corrected chi connectivity index (χ2v) is 4.33. The monoisotopic (exact) mass is 264 g/mol. The molecule has 0 saturated carbocycles. The summed E-state index contributed by atoms with van der Waals surface area (Å²) < 4.78 is 0.912. The molecule has 0 radical (unpaired) electrons. The van der Waals surface area contributed by atoms with E-state index in [0.29, 0.717) is 11.6 Å². The van der Waals surface area contributed by atoms with Gasteiger partial charge in [0.1, 0.15) is 0 Å². The van der Waals surface area contributed by atoms with Gasteiger partial charge in [-0.05, 0) is 31.5 Å². The Morgan fingerprint density at radius 3 is 2.93 bits per heavy atom. The van der Waals surface area contributed by atoms with Gasteiger partial charge >= 0.3 is 0 Å². The molecular weight excluding hydrogens is 252 g/mol. The lowest BCUT2D eigenvalue weighted by Gasteiger charge is -2.13. The van der Waals surface area contributed by atoms with E-state index in [1.165, 1.54) is 0 Å². The minimum Gasteiger partial charge on any atom is -0.382 e. The summed E-state index contributed by atoms with van der Waals surface area (Å²) in [6.45, 7) is 5.77. The van der Waals surface area contributed by atoms with E-state index in [1.807, 2.05) is 18.2 Å². The molecular formula is C12H13BrN2. The molecule has 0 heterocycles. The molecule has 0 aliphatic carbocycles. The number of nitrogens with one attached hydrogen (secondary N) is 1. The maximum atomic E-state index is 8.81. The van der Waals surface area contributed by atoms with Crippen molar-refractivity contribution < 1.29 is 0 Å². The average Bonchev–Trinajstić information content (AvgIpc) is 2.17. The average molecular weight is 265 g/mol. The van der Waals surface area contributed by atoms with Gasteiger partial charge in [0.2, 0.25) is 0 Å².